The Kier molecular flexibility index (Phi) is 18.7. The van der Waals surface area contributed by atoms with Crippen LogP contribution in [0, 0.1) is 12.8 Å². The lowest BCUT2D eigenvalue weighted by atomic mass is 10.0. The van der Waals surface area contributed by atoms with E-state index in [9.17, 15) is 19.2 Å². The maximum absolute atomic E-state index is 11.2. The number of imide groups is 1. The van der Waals surface area contributed by atoms with E-state index in [1.807, 2.05) is 45.0 Å². The highest BCUT2D eigenvalue weighted by molar-refractivity contribution is 6.12. The number of carbonyl (C=O) groups excluding carboxylic acids is 4. The summed E-state index contributed by atoms with van der Waals surface area (Å²) in [5.41, 5.74) is 2.57. The fourth-order valence-electron chi connectivity index (χ4n) is 4.02. The highest BCUT2D eigenvalue weighted by atomic mass is 16.5. The Morgan fingerprint density at radius 3 is 1.74 bits per heavy atom. The summed E-state index contributed by atoms with van der Waals surface area (Å²) in [5.74, 6) is 1.15. The van der Waals surface area contributed by atoms with Crippen LogP contribution in [0.5, 0.6) is 11.5 Å². The standard InChI is InChI=1S/C15H16O.C12H17NO4.C8H16O2/c1-3-13-6-10-15(11-7-13)16-14-8-4-12(2)5-9-14;1-2-17-12(16)6-4-3-5-9-13-10(14)7-8-11(13)15;1-4-7(5-2)8(9)10-6-3/h4-11H,3H2,1-2H3;7-8H,2-6,9H2,1H3;7H,4-6H2,1-3H3. The zero-order chi connectivity index (χ0) is 32.0. The van der Waals surface area contributed by atoms with Gasteiger partial charge < -0.3 is 14.2 Å². The van der Waals surface area contributed by atoms with Gasteiger partial charge in [-0.3, -0.25) is 24.1 Å². The number of amides is 2. The van der Waals surface area contributed by atoms with Crippen LogP contribution in [0.15, 0.2) is 60.7 Å². The minimum atomic E-state index is -0.250. The number of benzene rings is 2. The van der Waals surface area contributed by atoms with Gasteiger partial charge in [0.1, 0.15) is 11.5 Å². The molecule has 1 aliphatic heterocycles. The molecule has 2 aromatic carbocycles. The van der Waals surface area contributed by atoms with Crippen LogP contribution < -0.4 is 4.74 Å². The summed E-state index contributed by atoms with van der Waals surface area (Å²) in [6.07, 6.45) is 8.03. The van der Waals surface area contributed by atoms with Crippen LogP contribution in [-0.4, -0.2) is 48.4 Å². The highest BCUT2D eigenvalue weighted by Gasteiger charge is 2.22. The fourth-order valence-corrected chi connectivity index (χ4v) is 4.02. The molecule has 236 valence electrons. The number of hydrogen-bond acceptors (Lipinski definition) is 7. The van der Waals surface area contributed by atoms with E-state index in [-0.39, 0.29) is 29.7 Å². The zero-order valence-corrected chi connectivity index (χ0v) is 26.7. The molecule has 8 heteroatoms. The van der Waals surface area contributed by atoms with Crippen LogP contribution in [0.1, 0.15) is 84.3 Å². The second kappa shape index (κ2) is 21.7. The molecule has 0 aliphatic carbocycles. The highest BCUT2D eigenvalue weighted by Crippen LogP contribution is 2.22. The molecular weight excluding hydrogens is 546 g/mol. The molecule has 0 spiro atoms. The lowest BCUT2D eigenvalue weighted by Gasteiger charge is -2.12. The molecule has 0 saturated carbocycles. The summed E-state index contributed by atoms with van der Waals surface area (Å²) in [5, 5.41) is 0. The van der Waals surface area contributed by atoms with Crippen molar-refractivity contribution < 1.29 is 33.4 Å². The van der Waals surface area contributed by atoms with Gasteiger partial charge in [-0.25, -0.2) is 0 Å². The van der Waals surface area contributed by atoms with E-state index in [0.29, 0.717) is 26.2 Å². The van der Waals surface area contributed by atoms with Gasteiger partial charge in [-0.2, -0.15) is 0 Å². The van der Waals surface area contributed by atoms with Crippen LogP contribution in [0.3, 0.4) is 0 Å². The van der Waals surface area contributed by atoms with Crippen molar-refractivity contribution in [1.82, 2.24) is 4.90 Å². The van der Waals surface area contributed by atoms with Crippen molar-refractivity contribution in [2.45, 2.75) is 86.5 Å². The van der Waals surface area contributed by atoms with E-state index in [1.165, 1.54) is 28.2 Å². The fraction of sp³-hybridized carbons (Fsp3) is 0.486. The average molecular weight is 596 g/mol. The van der Waals surface area contributed by atoms with Gasteiger partial charge in [-0.1, -0.05) is 57.0 Å². The minimum Gasteiger partial charge on any atom is -0.466 e. The molecule has 1 aliphatic rings. The van der Waals surface area contributed by atoms with E-state index >= 15 is 0 Å². The predicted octanol–water partition coefficient (Wildman–Crippen LogP) is 7.37. The normalized spacial score (nSPS) is 11.8. The first-order chi connectivity index (χ1) is 20.7. The van der Waals surface area contributed by atoms with E-state index in [2.05, 4.69) is 38.1 Å². The van der Waals surface area contributed by atoms with Crippen LogP contribution >= 0.6 is 0 Å². The Bertz CT molecular complexity index is 1120. The second-order valence-electron chi connectivity index (χ2n) is 9.96. The SMILES string of the molecule is CCOC(=O)C(CC)CC.CCOC(=O)CCCCCN1C(=O)C=CC1=O.CCc1ccc(Oc2ccc(C)cc2)cc1. The number of aryl methyl sites for hydroxylation is 2. The van der Waals surface area contributed by atoms with Gasteiger partial charge in [0, 0.05) is 25.1 Å². The third-order valence-corrected chi connectivity index (χ3v) is 6.66. The van der Waals surface area contributed by atoms with Gasteiger partial charge >= 0.3 is 11.9 Å². The first-order valence-electron chi connectivity index (χ1n) is 15.4. The van der Waals surface area contributed by atoms with Crippen LogP contribution in [0.2, 0.25) is 0 Å². The maximum Gasteiger partial charge on any atom is 0.308 e. The van der Waals surface area contributed by atoms with Crippen molar-refractivity contribution in [3.8, 4) is 11.5 Å². The lowest BCUT2D eigenvalue weighted by molar-refractivity contribution is -0.148. The van der Waals surface area contributed by atoms with Crippen molar-refractivity contribution >= 4 is 23.8 Å². The summed E-state index contributed by atoms with van der Waals surface area (Å²) < 4.78 is 15.4. The molecule has 0 atom stereocenters. The van der Waals surface area contributed by atoms with Gasteiger partial charge in [0.05, 0.1) is 19.1 Å². The molecule has 2 aromatic rings. The van der Waals surface area contributed by atoms with Gasteiger partial charge in [-0.15, -0.1) is 0 Å². The zero-order valence-electron chi connectivity index (χ0n) is 26.7. The average Bonchev–Trinajstić information content (AvgIpc) is 3.32. The summed E-state index contributed by atoms with van der Waals surface area (Å²) in [6, 6.07) is 16.3. The van der Waals surface area contributed by atoms with Crippen molar-refractivity contribution in [1.29, 1.82) is 0 Å². The minimum absolute atomic E-state index is 0.0486. The smallest absolute Gasteiger partial charge is 0.308 e. The Morgan fingerprint density at radius 2 is 1.26 bits per heavy atom. The number of carbonyl (C=O) groups is 4. The molecule has 8 nitrogen and oxygen atoms in total. The number of unbranched alkanes of at least 4 members (excludes halogenated alkanes) is 2. The van der Waals surface area contributed by atoms with Crippen LogP contribution in [-0.2, 0) is 35.1 Å². The summed E-state index contributed by atoms with van der Waals surface area (Å²) >= 11 is 0. The molecule has 0 N–H and O–H groups in total. The third-order valence-electron chi connectivity index (χ3n) is 6.66. The number of nitrogens with zero attached hydrogens (tertiary/aromatic N) is 1. The van der Waals surface area contributed by atoms with E-state index in [4.69, 9.17) is 14.2 Å². The Labute approximate surface area is 257 Å². The molecule has 2 amide bonds. The van der Waals surface area contributed by atoms with Gasteiger partial charge in [0.25, 0.3) is 11.8 Å². The van der Waals surface area contributed by atoms with Crippen LogP contribution in [0.4, 0.5) is 0 Å². The topological polar surface area (TPSA) is 99.2 Å². The lowest BCUT2D eigenvalue weighted by Crippen LogP contribution is -2.30. The summed E-state index contributed by atoms with van der Waals surface area (Å²) in [4.78, 5) is 45.6. The molecule has 0 bridgehead atoms. The molecular formula is C35H49NO7. The number of ether oxygens (including phenoxy) is 3. The summed E-state index contributed by atoms with van der Waals surface area (Å²) in [7, 11) is 0. The van der Waals surface area contributed by atoms with Crippen molar-refractivity contribution in [2.75, 3.05) is 19.8 Å². The van der Waals surface area contributed by atoms with Crippen molar-refractivity contribution in [3.63, 3.8) is 0 Å². The molecule has 0 radical (unpaired) electrons. The number of rotatable bonds is 14. The van der Waals surface area contributed by atoms with E-state index < -0.39 is 0 Å². The summed E-state index contributed by atoms with van der Waals surface area (Å²) in [6.45, 7) is 13.2. The maximum atomic E-state index is 11.2. The Morgan fingerprint density at radius 1 is 0.721 bits per heavy atom. The van der Waals surface area contributed by atoms with E-state index in [1.54, 1.807) is 6.92 Å². The first kappa shape index (κ1) is 37.1. The van der Waals surface area contributed by atoms with Crippen LogP contribution in [0.25, 0.3) is 0 Å². The Balaban J connectivity index is 0.000000335. The number of hydrogen-bond donors (Lipinski definition) is 0. The molecule has 43 heavy (non-hydrogen) atoms. The predicted molar refractivity (Wildman–Crippen MR) is 169 cm³/mol. The second-order valence-corrected chi connectivity index (χ2v) is 9.96. The molecule has 3 rings (SSSR count). The van der Waals surface area contributed by atoms with Crippen molar-refractivity contribution in [3.05, 3.63) is 71.8 Å². The number of esters is 2. The quantitative estimate of drug-likeness (QED) is 0.128. The molecule has 0 aromatic heterocycles. The molecule has 0 fully saturated rings. The molecule has 1 heterocycles. The largest absolute Gasteiger partial charge is 0.466 e. The van der Waals surface area contributed by atoms with Gasteiger partial charge in [-0.05, 0) is 82.7 Å². The van der Waals surface area contributed by atoms with Gasteiger partial charge in [0.2, 0.25) is 0 Å². The van der Waals surface area contributed by atoms with E-state index in [0.717, 1.165) is 50.0 Å². The molecule has 0 saturated heterocycles. The van der Waals surface area contributed by atoms with Gasteiger partial charge in [0.15, 0.2) is 0 Å². The Hall–Kier alpha value is -3.94. The molecule has 0 unspecified atom stereocenters. The van der Waals surface area contributed by atoms with Crippen molar-refractivity contribution in [2.24, 2.45) is 5.92 Å². The third kappa shape index (κ3) is 15.2. The monoisotopic (exact) mass is 595 g/mol. The first-order valence-corrected chi connectivity index (χ1v) is 15.4.